The van der Waals surface area contributed by atoms with Gasteiger partial charge in [0.1, 0.15) is 0 Å². The smallest absolute Gasteiger partial charge is 0.272 e. The van der Waals surface area contributed by atoms with Gasteiger partial charge in [-0.25, -0.2) is 13.4 Å². The fraction of sp³-hybridized carbons (Fsp3) is 0.600. The molecule has 1 saturated heterocycles. The Kier molecular flexibility index (Phi) is 4.14. The molecule has 0 radical (unpaired) electrons. The van der Waals surface area contributed by atoms with E-state index in [1.807, 2.05) is 6.92 Å². The topological polar surface area (TPSA) is 85.4 Å². The van der Waals surface area contributed by atoms with E-state index in [4.69, 9.17) is 15.4 Å². The van der Waals surface area contributed by atoms with Gasteiger partial charge in [0.25, 0.3) is 9.05 Å². The van der Waals surface area contributed by atoms with Gasteiger partial charge in [-0.1, -0.05) is 11.3 Å². The maximum atomic E-state index is 11.9. The van der Waals surface area contributed by atoms with Gasteiger partial charge in [-0.3, -0.25) is 4.79 Å². The van der Waals surface area contributed by atoms with Crippen LogP contribution in [0.25, 0.3) is 0 Å². The van der Waals surface area contributed by atoms with Crippen molar-refractivity contribution in [2.45, 2.75) is 30.6 Å². The molecular formula is C10H13ClN2O4S2. The van der Waals surface area contributed by atoms with Gasteiger partial charge in [0.2, 0.25) is 5.91 Å². The number of anilines is 1. The molecule has 1 aliphatic rings. The first-order valence-electron chi connectivity index (χ1n) is 5.62. The lowest BCUT2D eigenvalue weighted by Gasteiger charge is -2.06. The van der Waals surface area contributed by atoms with Crippen LogP contribution in [0.2, 0.25) is 0 Å². The Balaban J connectivity index is 2.10. The van der Waals surface area contributed by atoms with E-state index in [0.717, 1.165) is 11.3 Å². The van der Waals surface area contributed by atoms with Crippen LogP contribution in [0.3, 0.4) is 0 Å². The predicted octanol–water partition coefficient (Wildman–Crippen LogP) is 1.74. The lowest BCUT2D eigenvalue weighted by Crippen LogP contribution is -2.22. The van der Waals surface area contributed by atoms with Crippen molar-refractivity contribution in [1.29, 1.82) is 0 Å². The van der Waals surface area contributed by atoms with E-state index in [2.05, 4.69) is 10.3 Å². The van der Waals surface area contributed by atoms with E-state index in [-0.39, 0.29) is 33.0 Å². The molecule has 1 fully saturated rings. The minimum Gasteiger partial charge on any atom is -0.378 e. The molecule has 0 bridgehead atoms. The number of carbonyl (C=O) groups is 1. The number of nitrogens with one attached hydrogen (secondary N) is 1. The number of halogens is 1. The van der Waals surface area contributed by atoms with Crippen LogP contribution in [0.5, 0.6) is 0 Å². The Labute approximate surface area is 119 Å². The fourth-order valence-electron chi connectivity index (χ4n) is 1.87. The summed E-state index contributed by atoms with van der Waals surface area (Å²) in [5.74, 6) is -0.438. The van der Waals surface area contributed by atoms with Gasteiger partial charge in [0.15, 0.2) is 9.34 Å². The maximum Gasteiger partial charge on any atom is 0.272 e. The van der Waals surface area contributed by atoms with E-state index < -0.39 is 9.05 Å². The highest BCUT2D eigenvalue weighted by atomic mass is 35.7. The van der Waals surface area contributed by atoms with Gasteiger partial charge in [-0.15, -0.1) is 0 Å². The van der Waals surface area contributed by atoms with Gasteiger partial charge in [-0.2, -0.15) is 0 Å². The Hall–Kier alpha value is -0.700. The zero-order valence-electron chi connectivity index (χ0n) is 10.3. The van der Waals surface area contributed by atoms with Gasteiger partial charge >= 0.3 is 0 Å². The van der Waals surface area contributed by atoms with Crippen LogP contribution in [0.15, 0.2) is 4.21 Å². The molecule has 2 heterocycles. The average molecular weight is 325 g/mol. The van der Waals surface area contributed by atoms with Gasteiger partial charge < -0.3 is 10.1 Å². The molecule has 0 spiro atoms. The summed E-state index contributed by atoms with van der Waals surface area (Å²) in [7, 11) is 1.45. The molecule has 2 atom stereocenters. The monoisotopic (exact) mass is 324 g/mol. The largest absolute Gasteiger partial charge is 0.378 e. The van der Waals surface area contributed by atoms with Crippen molar-refractivity contribution >= 4 is 42.1 Å². The molecule has 1 aromatic rings. The normalized spacial score (nSPS) is 23.5. The van der Waals surface area contributed by atoms with Gasteiger partial charge in [0, 0.05) is 10.7 Å². The molecule has 6 nitrogen and oxygen atoms in total. The van der Waals surface area contributed by atoms with Crippen LogP contribution in [-0.2, 0) is 18.6 Å². The van der Waals surface area contributed by atoms with E-state index >= 15 is 0 Å². The SMILES string of the molecule is Cc1nc(NC(=O)C2COC(C)C2)sc1S(=O)(=O)Cl. The van der Waals surface area contributed by atoms with Crippen LogP contribution in [0.4, 0.5) is 5.13 Å². The molecule has 0 aliphatic carbocycles. The molecule has 19 heavy (non-hydrogen) atoms. The first-order valence-corrected chi connectivity index (χ1v) is 8.74. The standard InChI is InChI=1S/C10H13ClN2O4S2/c1-5-3-7(4-17-5)8(14)13-10-12-6(2)9(18-10)19(11,15)16/h5,7H,3-4H2,1-2H3,(H,12,13,14). The van der Waals surface area contributed by atoms with Crippen LogP contribution in [-0.4, -0.2) is 32.0 Å². The van der Waals surface area contributed by atoms with E-state index in [0.29, 0.717) is 13.0 Å². The number of aromatic nitrogens is 1. The number of ether oxygens (including phenoxy) is 1. The number of thiazole rings is 1. The molecular weight excluding hydrogens is 312 g/mol. The highest BCUT2D eigenvalue weighted by molar-refractivity contribution is 8.15. The molecule has 1 amide bonds. The van der Waals surface area contributed by atoms with Crippen LogP contribution in [0.1, 0.15) is 19.0 Å². The van der Waals surface area contributed by atoms with Crippen molar-refractivity contribution in [2.75, 3.05) is 11.9 Å². The predicted molar refractivity (Wildman–Crippen MR) is 72.0 cm³/mol. The number of hydrogen-bond donors (Lipinski definition) is 1. The Morgan fingerprint density at radius 1 is 1.58 bits per heavy atom. The second-order valence-electron chi connectivity index (χ2n) is 4.40. The molecule has 106 valence electrons. The molecule has 0 saturated carbocycles. The van der Waals surface area contributed by atoms with Gasteiger partial charge in [-0.05, 0) is 20.3 Å². The third-order valence-electron chi connectivity index (χ3n) is 2.77. The zero-order valence-corrected chi connectivity index (χ0v) is 12.7. The van der Waals surface area contributed by atoms with Crippen molar-refractivity contribution in [1.82, 2.24) is 4.98 Å². The highest BCUT2D eigenvalue weighted by Gasteiger charge is 2.29. The summed E-state index contributed by atoms with van der Waals surface area (Å²) in [6.45, 7) is 3.80. The van der Waals surface area contributed by atoms with Crippen molar-refractivity contribution in [3.63, 3.8) is 0 Å². The summed E-state index contributed by atoms with van der Waals surface area (Å²) in [5.41, 5.74) is 0.284. The van der Waals surface area contributed by atoms with Crippen LogP contribution in [0, 0.1) is 12.8 Å². The minimum absolute atomic E-state index is 0.0412. The average Bonchev–Trinajstić information content (AvgIpc) is 2.84. The number of nitrogens with zero attached hydrogens (tertiary/aromatic N) is 1. The molecule has 0 aromatic carbocycles. The van der Waals surface area contributed by atoms with Crippen molar-refractivity contribution in [3.8, 4) is 0 Å². The van der Waals surface area contributed by atoms with E-state index in [9.17, 15) is 13.2 Å². The summed E-state index contributed by atoms with van der Waals surface area (Å²) in [6, 6.07) is 0. The summed E-state index contributed by atoms with van der Waals surface area (Å²) >= 11 is 0.851. The highest BCUT2D eigenvalue weighted by Crippen LogP contribution is 2.30. The molecule has 2 unspecified atom stereocenters. The second-order valence-corrected chi connectivity index (χ2v) is 8.16. The number of hydrogen-bond acceptors (Lipinski definition) is 6. The number of aryl methyl sites for hydroxylation is 1. The molecule has 1 N–H and O–H groups in total. The van der Waals surface area contributed by atoms with Crippen LogP contribution >= 0.6 is 22.0 Å². The Morgan fingerprint density at radius 3 is 2.74 bits per heavy atom. The summed E-state index contributed by atoms with van der Waals surface area (Å²) in [4.78, 5) is 15.9. The van der Waals surface area contributed by atoms with Crippen molar-refractivity contribution in [3.05, 3.63) is 5.69 Å². The lowest BCUT2D eigenvalue weighted by atomic mass is 10.1. The molecule has 2 rings (SSSR count). The first kappa shape index (κ1) is 14.7. The zero-order chi connectivity index (χ0) is 14.2. The van der Waals surface area contributed by atoms with Gasteiger partial charge in [0.05, 0.1) is 24.3 Å². The minimum atomic E-state index is -3.82. The summed E-state index contributed by atoms with van der Waals surface area (Å²) in [5, 5.41) is 2.84. The first-order chi connectivity index (χ1) is 8.77. The Morgan fingerprint density at radius 2 is 2.26 bits per heavy atom. The second kappa shape index (κ2) is 5.35. The Bertz CT molecular complexity index is 599. The third-order valence-corrected chi connectivity index (χ3v) is 6.03. The maximum absolute atomic E-state index is 11.9. The summed E-state index contributed by atoms with van der Waals surface area (Å²) in [6.07, 6.45) is 0.712. The van der Waals surface area contributed by atoms with E-state index in [1.165, 1.54) is 6.92 Å². The third kappa shape index (κ3) is 3.44. The van der Waals surface area contributed by atoms with Crippen molar-refractivity contribution in [2.24, 2.45) is 5.92 Å². The fourth-order valence-corrected chi connectivity index (χ4v) is 4.22. The molecule has 9 heteroatoms. The quantitative estimate of drug-likeness (QED) is 0.856. The molecule has 1 aromatic heterocycles. The molecule has 1 aliphatic heterocycles. The number of carbonyl (C=O) groups excluding carboxylic acids is 1. The lowest BCUT2D eigenvalue weighted by molar-refractivity contribution is -0.119. The summed E-state index contributed by atoms with van der Waals surface area (Å²) < 4.78 is 27.8. The van der Waals surface area contributed by atoms with Crippen LogP contribution < -0.4 is 5.32 Å². The number of rotatable bonds is 3. The van der Waals surface area contributed by atoms with E-state index in [1.54, 1.807) is 0 Å². The van der Waals surface area contributed by atoms with Crippen molar-refractivity contribution < 1.29 is 17.9 Å². The number of amides is 1.